The molecule has 0 saturated heterocycles. The van der Waals surface area contributed by atoms with Crippen molar-refractivity contribution in [2.75, 3.05) is 0 Å². The first kappa shape index (κ1) is 14.5. The lowest BCUT2D eigenvalue weighted by atomic mass is 10.2. The molecule has 114 valence electrons. The zero-order valence-corrected chi connectivity index (χ0v) is 11.7. The fourth-order valence-corrected chi connectivity index (χ4v) is 2.42. The van der Waals surface area contributed by atoms with E-state index < -0.39 is 11.9 Å². The van der Waals surface area contributed by atoms with Gasteiger partial charge in [0.05, 0.1) is 5.56 Å². The van der Waals surface area contributed by atoms with Gasteiger partial charge in [0.15, 0.2) is 0 Å². The van der Waals surface area contributed by atoms with Crippen LogP contribution in [-0.4, -0.2) is 20.8 Å². The van der Waals surface area contributed by atoms with Crippen LogP contribution in [-0.2, 0) is 19.3 Å². The van der Waals surface area contributed by atoms with Crippen molar-refractivity contribution in [3.05, 3.63) is 58.7 Å². The molecule has 2 aromatic heterocycles. The summed E-state index contributed by atoms with van der Waals surface area (Å²) in [5.74, 6) is -0.338. The molecular weight excluding hydrogens is 295 g/mol. The molecule has 0 N–H and O–H groups in total. The van der Waals surface area contributed by atoms with Gasteiger partial charge in [-0.1, -0.05) is 0 Å². The van der Waals surface area contributed by atoms with Crippen molar-refractivity contribution < 1.29 is 18.0 Å². The third-order valence-corrected chi connectivity index (χ3v) is 3.53. The zero-order chi connectivity index (χ0) is 15.9. The topological polar surface area (TPSA) is 46.1 Å². The van der Waals surface area contributed by atoms with Crippen LogP contribution >= 0.6 is 0 Å². The number of aromatic nitrogens is 2. The summed E-state index contributed by atoms with van der Waals surface area (Å²) in [5.41, 5.74) is 1.97. The highest BCUT2D eigenvalue weighted by molar-refractivity contribution is 5.94. The second kappa shape index (κ2) is 5.08. The molecule has 2 aromatic rings. The van der Waals surface area contributed by atoms with Gasteiger partial charge >= 0.3 is 6.18 Å². The molecule has 4 nitrogen and oxygen atoms in total. The summed E-state index contributed by atoms with van der Waals surface area (Å²) in [6, 6.07) is 3.89. The molecule has 3 rings (SSSR count). The SMILES string of the molecule is Cc1cc2c(cn1)CN(C(=O)c1ccc(C(F)(F)F)nc1)C2. The fraction of sp³-hybridized carbons (Fsp3) is 0.267. The van der Waals surface area contributed by atoms with E-state index >= 15 is 0 Å². The molecule has 7 heteroatoms. The van der Waals surface area contributed by atoms with Crippen LogP contribution in [0.25, 0.3) is 0 Å². The number of hydrogen-bond acceptors (Lipinski definition) is 3. The third-order valence-electron chi connectivity index (χ3n) is 3.53. The molecule has 0 radical (unpaired) electrons. The highest BCUT2D eigenvalue weighted by atomic mass is 19.4. The van der Waals surface area contributed by atoms with Gasteiger partial charge in [-0.3, -0.25) is 14.8 Å². The average Bonchev–Trinajstić information content (AvgIpc) is 2.88. The van der Waals surface area contributed by atoms with E-state index in [0.29, 0.717) is 13.1 Å². The minimum atomic E-state index is -4.51. The summed E-state index contributed by atoms with van der Waals surface area (Å²) >= 11 is 0. The Bertz CT molecular complexity index is 726. The van der Waals surface area contributed by atoms with Gasteiger partial charge in [0.1, 0.15) is 5.69 Å². The lowest BCUT2D eigenvalue weighted by Crippen LogP contribution is -2.25. The van der Waals surface area contributed by atoms with Gasteiger partial charge in [-0.05, 0) is 36.2 Å². The Kier molecular flexibility index (Phi) is 3.35. The number of rotatable bonds is 1. The molecule has 0 aliphatic carbocycles. The van der Waals surface area contributed by atoms with Crippen molar-refractivity contribution in [3.63, 3.8) is 0 Å². The number of hydrogen-bond donors (Lipinski definition) is 0. The van der Waals surface area contributed by atoms with E-state index in [2.05, 4.69) is 9.97 Å². The minimum Gasteiger partial charge on any atom is -0.330 e. The monoisotopic (exact) mass is 307 g/mol. The molecule has 0 aromatic carbocycles. The van der Waals surface area contributed by atoms with Crippen molar-refractivity contribution >= 4 is 5.91 Å². The van der Waals surface area contributed by atoms with Gasteiger partial charge in [0, 0.05) is 31.2 Å². The Morgan fingerprint density at radius 2 is 1.86 bits per heavy atom. The van der Waals surface area contributed by atoms with E-state index in [9.17, 15) is 18.0 Å². The highest BCUT2D eigenvalue weighted by Crippen LogP contribution is 2.28. The number of pyridine rings is 2. The first-order valence-electron chi connectivity index (χ1n) is 6.61. The number of halogens is 3. The summed E-state index contributed by atoms with van der Waals surface area (Å²) in [5, 5.41) is 0. The molecule has 22 heavy (non-hydrogen) atoms. The maximum Gasteiger partial charge on any atom is 0.433 e. The number of nitrogens with zero attached hydrogens (tertiary/aromatic N) is 3. The minimum absolute atomic E-state index is 0.144. The van der Waals surface area contributed by atoms with E-state index in [1.54, 1.807) is 11.1 Å². The van der Waals surface area contributed by atoms with Gasteiger partial charge in [0.25, 0.3) is 5.91 Å². The Morgan fingerprint density at radius 1 is 1.14 bits per heavy atom. The van der Waals surface area contributed by atoms with Crippen LogP contribution < -0.4 is 0 Å². The molecule has 1 amide bonds. The van der Waals surface area contributed by atoms with Crippen molar-refractivity contribution in [2.24, 2.45) is 0 Å². The van der Waals surface area contributed by atoms with Crippen LogP contribution in [0.4, 0.5) is 13.2 Å². The lowest BCUT2D eigenvalue weighted by molar-refractivity contribution is -0.141. The molecule has 0 bridgehead atoms. The van der Waals surface area contributed by atoms with Gasteiger partial charge in [0.2, 0.25) is 0 Å². The smallest absolute Gasteiger partial charge is 0.330 e. The number of amides is 1. The number of alkyl halides is 3. The first-order valence-corrected chi connectivity index (χ1v) is 6.61. The maximum atomic E-state index is 12.5. The molecule has 1 aliphatic rings. The van der Waals surface area contributed by atoms with E-state index in [4.69, 9.17) is 0 Å². The van der Waals surface area contributed by atoms with E-state index in [1.165, 1.54) is 0 Å². The first-order chi connectivity index (χ1) is 10.3. The summed E-state index contributed by atoms with van der Waals surface area (Å²) < 4.78 is 37.4. The Balaban J connectivity index is 1.78. The molecule has 1 aliphatic heterocycles. The van der Waals surface area contributed by atoms with Gasteiger partial charge in [-0.2, -0.15) is 13.2 Å². The standard InChI is InChI=1S/C15H12F3N3O/c1-9-4-11-7-21(8-12(11)6-19-9)14(22)10-2-3-13(20-5-10)15(16,17)18/h2-6H,7-8H2,1H3. The zero-order valence-electron chi connectivity index (χ0n) is 11.7. The number of carbonyl (C=O) groups is 1. The molecule has 0 saturated carbocycles. The molecule has 3 heterocycles. The van der Waals surface area contributed by atoms with Crippen molar-refractivity contribution in [2.45, 2.75) is 26.2 Å². The van der Waals surface area contributed by atoms with Gasteiger partial charge < -0.3 is 4.90 Å². The van der Waals surface area contributed by atoms with E-state index in [1.807, 2.05) is 13.0 Å². The largest absolute Gasteiger partial charge is 0.433 e. The van der Waals surface area contributed by atoms with Crippen molar-refractivity contribution in [1.82, 2.24) is 14.9 Å². The Morgan fingerprint density at radius 3 is 2.50 bits per heavy atom. The van der Waals surface area contributed by atoms with Crippen LogP contribution in [0.15, 0.2) is 30.6 Å². The predicted octanol–water partition coefficient (Wildman–Crippen LogP) is 2.96. The Labute approximate surface area is 124 Å². The maximum absolute atomic E-state index is 12.5. The van der Waals surface area contributed by atoms with Gasteiger partial charge in [-0.25, -0.2) is 0 Å². The van der Waals surface area contributed by atoms with E-state index in [-0.39, 0.29) is 11.5 Å². The molecule has 0 spiro atoms. The molecule has 0 fully saturated rings. The normalized spacial score (nSPS) is 14.1. The fourth-order valence-electron chi connectivity index (χ4n) is 2.42. The third kappa shape index (κ3) is 2.66. The van der Waals surface area contributed by atoms with Crippen LogP contribution in [0.3, 0.4) is 0 Å². The van der Waals surface area contributed by atoms with Crippen molar-refractivity contribution in [3.8, 4) is 0 Å². The van der Waals surface area contributed by atoms with Crippen molar-refractivity contribution in [1.29, 1.82) is 0 Å². The summed E-state index contributed by atoms with van der Waals surface area (Å²) in [7, 11) is 0. The summed E-state index contributed by atoms with van der Waals surface area (Å²) in [4.78, 5) is 21.4. The highest BCUT2D eigenvalue weighted by Gasteiger charge is 2.32. The number of carbonyl (C=O) groups excluding carboxylic acids is 1. The summed E-state index contributed by atoms with van der Waals surface area (Å²) in [6.45, 7) is 2.70. The van der Waals surface area contributed by atoms with E-state index in [0.717, 1.165) is 35.2 Å². The summed E-state index contributed by atoms with van der Waals surface area (Å²) in [6.07, 6.45) is -1.81. The quantitative estimate of drug-likeness (QED) is 0.813. The Hall–Kier alpha value is -2.44. The van der Waals surface area contributed by atoms with Gasteiger partial charge in [-0.15, -0.1) is 0 Å². The second-order valence-electron chi connectivity index (χ2n) is 5.19. The molecule has 0 atom stereocenters. The van der Waals surface area contributed by atoms with Crippen LogP contribution in [0, 0.1) is 6.92 Å². The van der Waals surface area contributed by atoms with Crippen LogP contribution in [0.1, 0.15) is 32.9 Å². The second-order valence-corrected chi connectivity index (χ2v) is 5.19. The predicted molar refractivity (Wildman–Crippen MR) is 71.8 cm³/mol. The molecule has 0 unspecified atom stereocenters. The van der Waals surface area contributed by atoms with Crippen LogP contribution in [0.5, 0.6) is 0 Å². The number of aryl methyl sites for hydroxylation is 1. The van der Waals surface area contributed by atoms with Crippen LogP contribution in [0.2, 0.25) is 0 Å². The lowest BCUT2D eigenvalue weighted by Gasteiger charge is -2.15. The average molecular weight is 307 g/mol. The number of fused-ring (bicyclic) bond motifs is 1. The molecular formula is C15H12F3N3O.